The highest BCUT2D eigenvalue weighted by atomic mass is 79.9. The minimum atomic E-state index is 0.319. The van der Waals surface area contributed by atoms with E-state index in [0.29, 0.717) is 6.04 Å². The number of thiophene rings is 1. The lowest BCUT2D eigenvalue weighted by atomic mass is 10.1. The topological polar surface area (TPSA) is 15.3 Å². The van der Waals surface area contributed by atoms with Crippen molar-refractivity contribution in [3.8, 4) is 0 Å². The SMILES string of the molecule is CC(Nc1ccccc1CN(C)C)c1ccc(Br)s1. The summed E-state index contributed by atoms with van der Waals surface area (Å²) in [6, 6.07) is 13.1. The zero-order chi connectivity index (χ0) is 13.8. The first-order chi connectivity index (χ1) is 9.06. The van der Waals surface area contributed by atoms with Crippen molar-refractivity contribution in [3.05, 3.63) is 50.6 Å². The molecule has 2 rings (SSSR count). The molecule has 0 saturated heterocycles. The molecule has 0 amide bonds. The van der Waals surface area contributed by atoms with Crippen LogP contribution in [0.15, 0.2) is 40.2 Å². The molecule has 1 aromatic carbocycles. The fourth-order valence-corrected chi connectivity index (χ4v) is 3.43. The Kier molecular flexibility index (Phi) is 5.02. The number of benzene rings is 1. The van der Waals surface area contributed by atoms with E-state index in [0.717, 1.165) is 6.54 Å². The number of nitrogens with zero attached hydrogens (tertiary/aromatic N) is 1. The Morgan fingerprint density at radius 2 is 1.95 bits per heavy atom. The molecule has 0 bridgehead atoms. The van der Waals surface area contributed by atoms with Gasteiger partial charge in [-0.15, -0.1) is 11.3 Å². The Morgan fingerprint density at radius 3 is 2.58 bits per heavy atom. The van der Waals surface area contributed by atoms with Crippen LogP contribution in [0, 0.1) is 0 Å². The zero-order valence-electron chi connectivity index (χ0n) is 11.5. The van der Waals surface area contributed by atoms with Gasteiger partial charge in [-0.2, -0.15) is 0 Å². The lowest BCUT2D eigenvalue weighted by molar-refractivity contribution is 0.403. The number of halogens is 1. The van der Waals surface area contributed by atoms with E-state index in [1.54, 1.807) is 11.3 Å². The second-order valence-corrected chi connectivity index (χ2v) is 7.40. The van der Waals surface area contributed by atoms with Gasteiger partial charge in [0, 0.05) is 17.1 Å². The summed E-state index contributed by atoms with van der Waals surface area (Å²) >= 11 is 5.30. The Hall–Kier alpha value is -0.840. The number of rotatable bonds is 5. The molecule has 2 aromatic rings. The molecule has 2 nitrogen and oxygen atoms in total. The Morgan fingerprint density at radius 1 is 1.21 bits per heavy atom. The van der Waals surface area contributed by atoms with Gasteiger partial charge < -0.3 is 10.2 Å². The molecule has 0 fully saturated rings. The van der Waals surface area contributed by atoms with E-state index in [9.17, 15) is 0 Å². The third-order valence-corrected chi connectivity index (χ3v) is 4.70. The minimum Gasteiger partial charge on any atom is -0.377 e. The molecule has 1 unspecified atom stereocenters. The standard InChI is InChI=1S/C15H19BrN2S/c1-11(14-8-9-15(16)19-14)17-13-7-5-4-6-12(13)10-18(2)3/h4-9,11,17H,10H2,1-3H3. The summed E-state index contributed by atoms with van der Waals surface area (Å²) in [5.41, 5.74) is 2.54. The van der Waals surface area contributed by atoms with Gasteiger partial charge in [-0.1, -0.05) is 18.2 Å². The van der Waals surface area contributed by atoms with Gasteiger partial charge >= 0.3 is 0 Å². The van der Waals surface area contributed by atoms with Crippen LogP contribution >= 0.6 is 27.3 Å². The lowest BCUT2D eigenvalue weighted by Gasteiger charge is -2.19. The van der Waals surface area contributed by atoms with Gasteiger partial charge in [0.25, 0.3) is 0 Å². The number of hydrogen-bond donors (Lipinski definition) is 1. The van der Waals surface area contributed by atoms with Crippen LogP contribution in [0.2, 0.25) is 0 Å². The van der Waals surface area contributed by atoms with Crippen molar-refractivity contribution in [3.63, 3.8) is 0 Å². The molecule has 0 aliphatic heterocycles. The average molecular weight is 339 g/mol. The Balaban J connectivity index is 2.14. The number of para-hydroxylation sites is 1. The second kappa shape index (κ2) is 6.55. The molecule has 1 atom stereocenters. The molecule has 1 N–H and O–H groups in total. The molecule has 102 valence electrons. The van der Waals surface area contributed by atoms with Crippen molar-refractivity contribution in [1.82, 2.24) is 4.90 Å². The van der Waals surface area contributed by atoms with Crippen molar-refractivity contribution in [2.24, 2.45) is 0 Å². The van der Waals surface area contributed by atoms with Crippen molar-refractivity contribution < 1.29 is 0 Å². The van der Waals surface area contributed by atoms with E-state index >= 15 is 0 Å². The van der Waals surface area contributed by atoms with Crippen LogP contribution in [0.4, 0.5) is 5.69 Å². The Labute approximate surface area is 127 Å². The number of nitrogens with one attached hydrogen (secondary N) is 1. The van der Waals surface area contributed by atoms with Gasteiger partial charge in [0.05, 0.1) is 9.83 Å². The third-order valence-electron chi connectivity index (χ3n) is 2.90. The predicted molar refractivity (Wildman–Crippen MR) is 87.9 cm³/mol. The average Bonchev–Trinajstić information content (AvgIpc) is 2.78. The quantitative estimate of drug-likeness (QED) is 0.846. The molecule has 1 aromatic heterocycles. The summed E-state index contributed by atoms with van der Waals surface area (Å²) in [6.07, 6.45) is 0. The molecular weight excluding hydrogens is 320 g/mol. The summed E-state index contributed by atoms with van der Waals surface area (Å²) in [6.45, 7) is 3.15. The van der Waals surface area contributed by atoms with Gasteiger partial charge in [-0.3, -0.25) is 0 Å². The minimum absolute atomic E-state index is 0.319. The van der Waals surface area contributed by atoms with Gasteiger partial charge in [-0.25, -0.2) is 0 Å². The number of anilines is 1. The summed E-state index contributed by atoms with van der Waals surface area (Å²) in [4.78, 5) is 3.53. The van der Waals surface area contributed by atoms with Crippen LogP contribution in [-0.4, -0.2) is 19.0 Å². The molecule has 0 aliphatic rings. The summed E-state index contributed by atoms with van der Waals surface area (Å²) in [7, 11) is 4.19. The van der Waals surface area contributed by atoms with Crippen molar-refractivity contribution >= 4 is 33.0 Å². The van der Waals surface area contributed by atoms with Crippen LogP contribution in [0.1, 0.15) is 23.4 Å². The maximum absolute atomic E-state index is 3.61. The molecular formula is C15H19BrN2S. The molecule has 0 aliphatic carbocycles. The number of hydrogen-bond acceptors (Lipinski definition) is 3. The predicted octanol–water partition coefficient (Wildman–Crippen LogP) is 4.75. The molecule has 0 spiro atoms. The molecule has 1 heterocycles. The zero-order valence-corrected chi connectivity index (χ0v) is 13.9. The molecule has 4 heteroatoms. The monoisotopic (exact) mass is 338 g/mol. The first-order valence-corrected chi connectivity index (χ1v) is 7.91. The summed E-state index contributed by atoms with van der Waals surface area (Å²) in [5.74, 6) is 0. The first kappa shape index (κ1) is 14.6. The van der Waals surface area contributed by atoms with Crippen LogP contribution in [0.5, 0.6) is 0 Å². The molecule has 0 saturated carbocycles. The van der Waals surface area contributed by atoms with Crippen LogP contribution in [-0.2, 0) is 6.54 Å². The van der Waals surface area contributed by atoms with Gasteiger partial charge in [0.15, 0.2) is 0 Å². The summed E-state index contributed by atoms with van der Waals surface area (Å²) < 4.78 is 1.18. The van der Waals surface area contributed by atoms with Crippen molar-refractivity contribution in [2.75, 3.05) is 19.4 Å². The van der Waals surface area contributed by atoms with Crippen molar-refractivity contribution in [1.29, 1.82) is 0 Å². The van der Waals surface area contributed by atoms with Crippen LogP contribution in [0.25, 0.3) is 0 Å². The van der Waals surface area contributed by atoms with E-state index < -0.39 is 0 Å². The van der Waals surface area contributed by atoms with E-state index in [4.69, 9.17) is 0 Å². The van der Waals surface area contributed by atoms with E-state index in [-0.39, 0.29) is 0 Å². The summed E-state index contributed by atoms with van der Waals surface area (Å²) in [5, 5.41) is 3.61. The van der Waals surface area contributed by atoms with Gasteiger partial charge in [-0.05, 0) is 60.7 Å². The first-order valence-electron chi connectivity index (χ1n) is 6.30. The smallest absolute Gasteiger partial charge is 0.0702 e. The fourth-order valence-electron chi connectivity index (χ4n) is 2.01. The Bertz CT molecular complexity index is 536. The normalized spacial score (nSPS) is 12.7. The van der Waals surface area contributed by atoms with Crippen molar-refractivity contribution in [2.45, 2.75) is 19.5 Å². The van der Waals surface area contributed by atoms with E-state index in [1.807, 2.05) is 0 Å². The van der Waals surface area contributed by atoms with Gasteiger partial charge in [0.1, 0.15) is 0 Å². The maximum atomic E-state index is 3.61. The molecule has 19 heavy (non-hydrogen) atoms. The maximum Gasteiger partial charge on any atom is 0.0702 e. The van der Waals surface area contributed by atoms with Crippen LogP contribution < -0.4 is 5.32 Å². The molecule has 0 radical (unpaired) electrons. The highest BCUT2D eigenvalue weighted by Crippen LogP contribution is 2.30. The largest absolute Gasteiger partial charge is 0.377 e. The second-order valence-electron chi connectivity index (χ2n) is 4.90. The highest BCUT2D eigenvalue weighted by molar-refractivity contribution is 9.11. The van der Waals surface area contributed by atoms with Gasteiger partial charge in [0.2, 0.25) is 0 Å². The van der Waals surface area contributed by atoms with E-state index in [2.05, 4.69) is 83.6 Å². The van der Waals surface area contributed by atoms with Crippen LogP contribution in [0.3, 0.4) is 0 Å². The third kappa shape index (κ3) is 4.06. The lowest BCUT2D eigenvalue weighted by Crippen LogP contribution is -2.14. The fraction of sp³-hybridized carbons (Fsp3) is 0.333. The highest BCUT2D eigenvalue weighted by Gasteiger charge is 2.10. The van der Waals surface area contributed by atoms with E-state index in [1.165, 1.54) is 19.9 Å².